The molecule has 0 bridgehead atoms. The van der Waals surface area contributed by atoms with E-state index in [1.165, 1.54) is 13.8 Å². The number of halogens is 2. The highest BCUT2D eigenvalue weighted by Crippen LogP contribution is 2.31. The highest BCUT2D eigenvalue weighted by atomic mass is 35.5. The Balaban J connectivity index is 1.71. The highest BCUT2D eigenvalue weighted by Gasteiger charge is 2.35. The second-order valence-electron chi connectivity index (χ2n) is 9.31. The van der Waals surface area contributed by atoms with E-state index in [-0.39, 0.29) is 23.8 Å². The maximum Gasteiger partial charge on any atom is 0.347 e. The van der Waals surface area contributed by atoms with Gasteiger partial charge in [0.15, 0.2) is 11.4 Å². The van der Waals surface area contributed by atoms with Gasteiger partial charge in [0.1, 0.15) is 11.9 Å². The summed E-state index contributed by atoms with van der Waals surface area (Å²) in [6, 6.07) is 10.0. The Hall–Kier alpha value is -2.57. The van der Waals surface area contributed by atoms with E-state index in [9.17, 15) is 14.7 Å². The first-order chi connectivity index (χ1) is 15.9. The molecule has 182 valence electrons. The van der Waals surface area contributed by atoms with Crippen molar-refractivity contribution in [3.8, 4) is 5.75 Å². The lowest BCUT2D eigenvalue weighted by atomic mass is 9.94. The molecule has 2 aromatic carbocycles. The number of carboxylic acids is 1. The fraction of sp³-hybridized carbons (Fsp3) is 0.423. The summed E-state index contributed by atoms with van der Waals surface area (Å²) in [4.78, 5) is 29.0. The van der Waals surface area contributed by atoms with Gasteiger partial charge in [-0.2, -0.15) is 0 Å². The molecule has 2 aromatic rings. The third kappa shape index (κ3) is 5.91. The number of aliphatic carboxylic acids is 1. The molecule has 0 saturated heterocycles. The minimum Gasteiger partial charge on any atom is -0.478 e. The van der Waals surface area contributed by atoms with E-state index in [0.29, 0.717) is 51.2 Å². The average Bonchev–Trinajstić information content (AvgIpc) is 3.17. The van der Waals surface area contributed by atoms with Crippen molar-refractivity contribution in [3.63, 3.8) is 0 Å². The number of nitrogens with zero attached hydrogens (tertiary/aromatic N) is 1. The lowest BCUT2D eigenvalue weighted by Gasteiger charge is -2.23. The number of hydrogen-bond acceptors (Lipinski definition) is 5. The zero-order valence-corrected chi connectivity index (χ0v) is 21.4. The summed E-state index contributed by atoms with van der Waals surface area (Å²) in [7, 11) is 0. The normalized spacial score (nSPS) is 17.9. The van der Waals surface area contributed by atoms with Crippen molar-refractivity contribution >= 4 is 40.9 Å². The van der Waals surface area contributed by atoms with Gasteiger partial charge in [-0.25, -0.2) is 9.79 Å². The van der Waals surface area contributed by atoms with Gasteiger partial charge in [0.2, 0.25) is 5.90 Å². The Morgan fingerprint density at radius 1 is 1.18 bits per heavy atom. The molecule has 1 aliphatic rings. The van der Waals surface area contributed by atoms with E-state index in [1.54, 1.807) is 43.3 Å². The number of ether oxygens (including phenoxy) is 2. The second-order valence-corrected chi connectivity index (χ2v) is 10.2. The van der Waals surface area contributed by atoms with Gasteiger partial charge >= 0.3 is 5.97 Å². The van der Waals surface area contributed by atoms with Crippen LogP contribution in [0.2, 0.25) is 10.0 Å². The third-order valence-electron chi connectivity index (χ3n) is 5.77. The topological polar surface area (TPSA) is 85.2 Å². The summed E-state index contributed by atoms with van der Waals surface area (Å²) in [5.41, 5.74) is 0.555. The number of ketones is 1. The van der Waals surface area contributed by atoms with Gasteiger partial charge in [0.25, 0.3) is 0 Å². The van der Waals surface area contributed by atoms with Gasteiger partial charge in [-0.1, -0.05) is 37.0 Å². The maximum atomic E-state index is 12.9. The number of carbonyl (C=O) groups is 2. The van der Waals surface area contributed by atoms with Crippen LogP contribution in [0, 0.1) is 12.8 Å². The van der Waals surface area contributed by atoms with E-state index in [1.807, 2.05) is 0 Å². The van der Waals surface area contributed by atoms with Crippen LogP contribution in [0.15, 0.2) is 41.4 Å². The van der Waals surface area contributed by atoms with Crippen LogP contribution in [-0.2, 0) is 9.53 Å². The molecule has 0 fully saturated rings. The molecule has 2 atom stereocenters. The molecule has 1 heterocycles. The number of aliphatic imine (C=N–C) groups is 1. The van der Waals surface area contributed by atoms with Crippen LogP contribution in [0.1, 0.15) is 62.0 Å². The van der Waals surface area contributed by atoms with E-state index in [4.69, 9.17) is 37.7 Å². The van der Waals surface area contributed by atoms with Crippen LogP contribution in [-0.4, -0.2) is 40.5 Å². The molecular weight excluding hydrogens is 477 g/mol. The monoisotopic (exact) mass is 505 g/mol. The van der Waals surface area contributed by atoms with Crippen LogP contribution in [0.4, 0.5) is 0 Å². The lowest BCUT2D eigenvalue weighted by molar-refractivity contribution is -0.152. The van der Waals surface area contributed by atoms with Crippen molar-refractivity contribution < 1.29 is 24.2 Å². The number of carbonyl (C=O) groups excluding carboxylic acids is 1. The van der Waals surface area contributed by atoms with Crippen molar-refractivity contribution in [2.45, 2.75) is 65.2 Å². The minimum absolute atomic E-state index is 0.0252. The van der Waals surface area contributed by atoms with Crippen molar-refractivity contribution in [1.82, 2.24) is 0 Å². The quantitative estimate of drug-likeness (QED) is 0.399. The van der Waals surface area contributed by atoms with Gasteiger partial charge in [-0.05, 0) is 75.1 Å². The van der Waals surface area contributed by atoms with Gasteiger partial charge in [-0.3, -0.25) is 4.79 Å². The molecule has 34 heavy (non-hydrogen) atoms. The molecule has 3 rings (SSSR count). The Labute approximate surface area is 209 Å². The number of rotatable bonds is 9. The Kier molecular flexibility index (Phi) is 7.94. The Morgan fingerprint density at radius 2 is 1.88 bits per heavy atom. The minimum atomic E-state index is -1.37. The number of Topliss-reactive ketones (excluding diaryl/α,β-unsaturated/α-hetero) is 1. The molecule has 8 heteroatoms. The number of aryl methyl sites for hydroxylation is 1. The summed E-state index contributed by atoms with van der Waals surface area (Å²) in [5.74, 6) is 0.00943. The predicted molar refractivity (Wildman–Crippen MR) is 134 cm³/mol. The summed E-state index contributed by atoms with van der Waals surface area (Å²) in [6.07, 6.45) is 0.660. The van der Waals surface area contributed by atoms with E-state index >= 15 is 0 Å². The zero-order valence-electron chi connectivity index (χ0n) is 19.9. The van der Waals surface area contributed by atoms with Crippen molar-refractivity contribution in [3.05, 3.63) is 63.1 Å². The average molecular weight is 506 g/mol. The van der Waals surface area contributed by atoms with Crippen LogP contribution in [0.5, 0.6) is 5.75 Å². The van der Waals surface area contributed by atoms with E-state index in [2.05, 4.69) is 13.8 Å². The van der Waals surface area contributed by atoms with E-state index < -0.39 is 11.6 Å². The van der Waals surface area contributed by atoms with E-state index in [0.717, 1.165) is 0 Å². The standard InChI is InChI=1S/C26H29Cl2NO5/c1-14(2)23-20(29-24(33-23)18-8-7-17(27)13-19(18)28)9-10-21(30)16-6-11-22(15(3)12-16)34-26(4,5)25(31)32/h6-8,11-14,20,23H,9-10H2,1-5H3,(H,31,32). The van der Waals surface area contributed by atoms with Crippen molar-refractivity contribution in [2.24, 2.45) is 10.9 Å². The summed E-state index contributed by atoms with van der Waals surface area (Å²) < 4.78 is 11.7. The molecule has 0 aliphatic carbocycles. The van der Waals surface area contributed by atoms with Crippen molar-refractivity contribution in [2.75, 3.05) is 0 Å². The first-order valence-electron chi connectivity index (χ1n) is 11.1. The molecule has 0 amide bonds. The first-order valence-corrected chi connectivity index (χ1v) is 11.9. The zero-order chi connectivity index (χ0) is 25.2. The van der Waals surface area contributed by atoms with Crippen molar-refractivity contribution in [1.29, 1.82) is 0 Å². The summed E-state index contributed by atoms with van der Waals surface area (Å²) in [5, 5.41) is 10.3. The molecule has 2 unspecified atom stereocenters. The summed E-state index contributed by atoms with van der Waals surface area (Å²) >= 11 is 12.3. The van der Waals surface area contributed by atoms with Gasteiger partial charge in [0.05, 0.1) is 16.6 Å². The fourth-order valence-electron chi connectivity index (χ4n) is 3.75. The number of hydrogen-bond donors (Lipinski definition) is 1. The van der Waals surface area contributed by atoms with Crippen LogP contribution in [0.25, 0.3) is 0 Å². The van der Waals surface area contributed by atoms with Gasteiger partial charge in [-0.15, -0.1) is 0 Å². The smallest absolute Gasteiger partial charge is 0.347 e. The number of carboxylic acid groups (broad SMARTS) is 1. The van der Waals surface area contributed by atoms with Crippen LogP contribution < -0.4 is 4.74 Å². The SMILES string of the molecule is Cc1cc(C(=O)CCC2N=C(c3ccc(Cl)cc3Cl)OC2C(C)C)ccc1OC(C)(C)C(=O)O. The molecule has 1 aliphatic heterocycles. The second kappa shape index (κ2) is 10.4. The molecule has 0 radical (unpaired) electrons. The molecule has 0 saturated carbocycles. The van der Waals surface area contributed by atoms with Crippen LogP contribution in [0.3, 0.4) is 0 Å². The Bertz CT molecular complexity index is 1130. The first kappa shape index (κ1) is 26.0. The fourth-order valence-corrected chi connectivity index (χ4v) is 4.24. The van der Waals surface area contributed by atoms with Crippen LogP contribution >= 0.6 is 23.2 Å². The van der Waals surface area contributed by atoms with Gasteiger partial charge < -0.3 is 14.6 Å². The molecular formula is C26H29Cl2NO5. The Morgan fingerprint density at radius 3 is 2.47 bits per heavy atom. The molecule has 1 N–H and O–H groups in total. The molecule has 0 aromatic heterocycles. The largest absolute Gasteiger partial charge is 0.478 e. The molecule has 6 nitrogen and oxygen atoms in total. The molecule has 0 spiro atoms. The predicted octanol–water partition coefficient (Wildman–Crippen LogP) is 6.38. The summed E-state index contributed by atoms with van der Waals surface area (Å²) in [6.45, 7) is 8.86. The van der Waals surface area contributed by atoms with Gasteiger partial charge in [0, 0.05) is 17.0 Å². The highest BCUT2D eigenvalue weighted by molar-refractivity contribution is 6.36. The number of benzene rings is 2. The maximum absolute atomic E-state index is 12.9. The third-order valence-corrected chi connectivity index (χ3v) is 6.32. The lowest BCUT2D eigenvalue weighted by Crippen LogP contribution is -2.38.